The van der Waals surface area contributed by atoms with Crippen molar-refractivity contribution in [1.82, 2.24) is 20.4 Å². The Kier molecular flexibility index (Phi) is 9.05. The molecule has 2 aliphatic rings. The van der Waals surface area contributed by atoms with Gasteiger partial charge in [-0.1, -0.05) is 42.5 Å². The van der Waals surface area contributed by atoms with Gasteiger partial charge < -0.3 is 10.6 Å². The van der Waals surface area contributed by atoms with E-state index in [0.717, 1.165) is 25.0 Å². The molecule has 6 rings (SSSR count). The molecule has 3 aromatic carbocycles. The lowest BCUT2D eigenvalue weighted by molar-refractivity contribution is -0.137. The number of para-hydroxylation sites is 1. The maximum Gasteiger partial charge on any atom is 0.416 e. The molecule has 2 heterocycles. The minimum atomic E-state index is -4.70. The van der Waals surface area contributed by atoms with Crippen LogP contribution in [0.4, 0.5) is 23.4 Å². The highest BCUT2D eigenvalue weighted by molar-refractivity contribution is 6.05. The standard InChI is InChI=1S/C36H30F4N6O3/c1-2-45-34-30(28(44-46(34)27-9-4-3-5-10-27)20-42-32(47)24(19-41)17-21-11-12-21)29(22-13-15-26(37)16-14-22)31(35(45)49)43-33(48)23-7-6-8-25(18-23)36(38,39)40/h3-10,13-18,21,29,31H,2,11-12,20H2,1H3,(H,42,47)(H,43,48)/b24-17+/t29-,31-/m0/s1. The Hall–Kier alpha value is -5.77. The third-order valence-electron chi connectivity index (χ3n) is 8.50. The molecule has 0 bridgehead atoms. The lowest BCUT2D eigenvalue weighted by Crippen LogP contribution is -2.55. The number of aromatic nitrogens is 2. The molecular weight excluding hydrogens is 640 g/mol. The fourth-order valence-electron chi connectivity index (χ4n) is 5.97. The number of fused-ring (bicyclic) bond motifs is 1. The zero-order chi connectivity index (χ0) is 34.9. The molecule has 1 fully saturated rings. The van der Waals surface area contributed by atoms with Gasteiger partial charge in [0, 0.05) is 23.6 Å². The number of carbonyl (C=O) groups excluding carboxylic acids is 3. The van der Waals surface area contributed by atoms with Gasteiger partial charge in [-0.15, -0.1) is 0 Å². The van der Waals surface area contributed by atoms with Crippen molar-refractivity contribution in [3.05, 3.63) is 124 Å². The number of nitrogens with one attached hydrogen (secondary N) is 2. The first-order chi connectivity index (χ1) is 23.5. The summed E-state index contributed by atoms with van der Waals surface area (Å²) in [4.78, 5) is 42.5. The molecule has 0 spiro atoms. The SMILES string of the molecule is CCN1C(=O)[C@@H](NC(=O)c2cccc(C(F)(F)F)c2)[C@@H](c2ccc(F)cc2)c2c(CNC(=O)/C(C#N)=C/C3CC3)nn(-c3ccccc3)c21. The summed E-state index contributed by atoms with van der Waals surface area (Å²) in [7, 11) is 0. The van der Waals surface area contributed by atoms with Gasteiger partial charge in [0.2, 0.25) is 0 Å². The summed E-state index contributed by atoms with van der Waals surface area (Å²) >= 11 is 0. The molecule has 1 aliphatic heterocycles. The van der Waals surface area contributed by atoms with Gasteiger partial charge in [0.25, 0.3) is 17.7 Å². The van der Waals surface area contributed by atoms with Gasteiger partial charge in [0.05, 0.1) is 23.5 Å². The van der Waals surface area contributed by atoms with E-state index in [1.165, 1.54) is 35.2 Å². The quantitative estimate of drug-likeness (QED) is 0.133. The molecule has 49 heavy (non-hydrogen) atoms. The summed E-state index contributed by atoms with van der Waals surface area (Å²) in [6, 6.07) is 18.6. The van der Waals surface area contributed by atoms with Crippen molar-refractivity contribution < 1.29 is 31.9 Å². The van der Waals surface area contributed by atoms with Crippen LogP contribution in [0.15, 0.2) is 90.5 Å². The van der Waals surface area contributed by atoms with Crippen molar-refractivity contribution in [2.75, 3.05) is 11.4 Å². The van der Waals surface area contributed by atoms with E-state index < -0.39 is 47.2 Å². The predicted octanol–water partition coefficient (Wildman–Crippen LogP) is 5.80. The molecule has 4 aromatic rings. The molecular formula is C36H30F4N6O3. The van der Waals surface area contributed by atoms with Crippen LogP contribution in [0.3, 0.4) is 0 Å². The van der Waals surface area contributed by atoms with Gasteiger partial charge in [-0.3, -0.25) is 19.3 Å². The largest absolute Gasteiger partial charge is 0.416 e. The second kappa shape index (κ2) is 13.4. The van der Waals surface area contributed by atoms with E-state index in [9.17, 15) is 37.2 Å². The van der Waals surface area contributed by atoms with Gasteiger partial charge in [0.15, 0.2) is 0 Å². The zero-order valence-electron chi connectivity index (χ0n) is 26.2. The molecule has 0 saturated heterocycles. The van der Waals surface area contributed by atoms with E-state index in [1.807, 2.05) is 6.07 Å². The maximum absolute atomic E-state index is 14.4. The molecule has 0 radical (unpaired) electrons. The molecule has 2 N–H and O–H groups in total. The molecule has 1 aromatic heterocycles. The van der Waals surface area contributed by atoms with E-state index >= 15 is 0 Å². The van der Waals surface area contributed by atoms with Gasteiger partial charge >= 0.3 is 6.18 Å². The number of hydrogen-bond acceptors (Lipinski definition) is 5. The van der Waals surface area contributed by atoms with Crippen LogP contribution >= 0.6 is 0 Å². The predicted molar refractivity (Wildman–Crippen MR) is 171 cm³/mol. The monoisotopic (exact) mass is 670 g/mol. The highest BCUT2D eigenvalue weighted by Crippen LogP contribution is 2.44. The van der Waals surface area contributed by atoms with Crippen LogP contribution in [0.25, 0.3) is 5.69 Å². The van der Waals surface area contributed by atoms with E-state index in [-0.39, 0.29) is 30.1 Å². The molecule has 1 saturated carbocycles. The van der Waals surface area contributed by atoms with Crippen molar-refractivity contribution in [2.24, 2.45) is 5.92 Å². The normalized spacial score (nSPS) is 17.7. The topological polar surface area (TPSA) is 120 Å². The molecule has 2 atom stereocenters. The number of amides is 3. The Morgan fingerprint density at radius 3 is 2.39 bits per heavy atom. The first-order valence-corrected chi connectivity index (χ1v) is 15.6. The molecule has 250 valence electrons. The number of nitriles is 1. The van der Waals surface area contributed by atoms with Crippen molar-refractivity contribution in [1.29, 1.82) is 5.26 Å². The summed E-state index contributed by atoms with van der Waals surface area (Å²) in [6.45, 7) is 1.66. The molecule has 9 nitrogen and oxygen atoms in total. The summed E-state index contributed by atoms with van der Waals surface area (Å²) in [6.07, 6.45) is -1.29. The van der Waals surface area contributed by atoms with Crippen molar-refractivity contribution in [3.63, 3.8) is 0 Å². The lowest BCUT2D eigenvalue weighted by atomic mass is 9.80. The number of likely N-dealkylation sites (N-methyl/N-ethyl adjacent to an activating group) is 1. The summed E-state index contributed by atoms with van der Waals surface area (Å²) in [5.74, 6) is -3.16. The number of rotatable bonds is 9. The van der Waals surface area contributed by atoms with E-state index in [1.54, 1.807) is 48.0 Å². The van der Waals surface area contributed by atoms with Gasteiger partial charge in [-0.25, -0.2) is 9.07 Å². The van der Waals surface area contributed by atoms with Crippen LogP contribution in [0.5, 0.6) is 0 Å². The Balaban J connectivity index is 1.49. The van der Waals surface area contributed by atoms with Crippen LogP contribution in [-0.4, -0.2) is 40.1 Å². The van der Waals surface area contributed by atoms with E-state index in [0.29, 0.717) is 34.4 Å². The first kappa shape index (κ1) is 33.1. The van der Waals surface area contributed by atoms with Gasteiger partial charge in [0.1, 0.15) is 29.3 Å². The number of carbonyl (C=O) groups is 3. The van der Waals surface area contributed by atoms with Crippen molar-refractivity contribution >= 4 is 23.5 Å². The Labute approximate surface area is 278 Å². The number of halogens is 4. The number of alkyl halides is 3. The summed E-state index contributed by atoms with van der Waals surface area (Å²) in [5.41, 5.74) is 0.340. The average Bonchev–Trinajstić information content (AvgIpc) is 3.85. The first-order valence-electron chi connectivity index (χ1n) is 15.6. The summed E-state index contributed by atoms with van der Waals surface area (Å²) in [5, 5.41) is 19.9. The highest BCUT2D eigenvalue weighted by Gasteiger charge is 2.46. The smallest absolute Gasteiger partial charge is 0.346 e. The van der Waals surface area contributed by atoms with E-state index in [2.05, 4.69) is 10.6 Å². The highest BCUT2D eigenvalue weighted by atomic mass is 19.4. The van der Waals surface area contributed by atoms with Crippen LogP contribution in [0.1, 0.15) is 58.4 Å². The number of anilines is 1. The number of benzene rings is 3. The van der Waals surface area contributed by atoms with Gasteiger partial charge in [-0.2, -0.15) is 23.5 Å². The maximum atomic E-state index is 14.4. The average molecular weight is 671 g/mol. The minimum absolute atomic E-state index is 0.0365. The molecule has 0 unspecified atom stereocenters. The summed E-state index contributed by atoms with van der Waals surface area (Å²) < 4.78 is 56.2. The second-order valence-corrected chi connectivity index (χ2v) is 11.8. The number of nitrogens with zero attached hydrogens (tertiary/aromatic N) is 4. The molecule has 3 amide bonds. The van der Waals surface area contributed by atoms with Crippen LogP contribution in [0, 0.1) is 23.1 Å². The lowest BCUT2D eigenvalue weighted by Gasteiger charge is -2.38. The third-order valence-corrected chi connectivity index (χ3v) is 8.50. The minimum Gasteiger partial charge on any atom is -0.346 e. The third kappa shape index (κ3) is 6.80. The fraction of sp³-hybridized carbons (Fsp3) is 0.250. The van der Waals surface area contributed by atoms with E-state index in [4.69, 9.17) is 5.10 Å². The Morgan fingerprint density at radius 1 is 1.04 bits per heavy atom. The van der Waals surface area contributed by atoms with Gasteiger partial charge in [-0.05, 0) is 73.7 Å². The van der Waals surface area contributed by atoms with Crippen LogP contribution < -0.4 is 15.5 Å². The Morgan fingerprint density at radius 2 is 1.76 bits per heavy atom. The molecule has 13 heteroatoms. The number of hydrogen-bond donors (Lipinski definition) is 2. The second-order valence-electron chi connectivity index (χ2n) is 11.8. The Bertz CT molecular complexity index is 1980. The fourth-order valence-corrected chi connectivity index (χ4v) is 5.97. The van der Waals surface area contributed by atoms with Crippen molar-refractivity contribution in [2.45, 2.75) is 44.4 Å². The van der Waals surface area contributed by atoms with Crippen molar-refractivity contribution in [3.8, 4) is 11.8 Å². The molecule has 1 aliphatic carbocycles. The zero-order valence-corrected chi connectivity index (χ0v) is 26.2. The number of allylic oxidation sites excluding steroid dienone is 1. The van der Waals surface area contributed by atoms with Crippen LogP contribution in [-0.2, 0) is 22.3 Å². The van der Waals surface area contributed by atoms with Crippen LogP contribution in [0.2, 0.25) is 0 Å².